The lowest BCUT2D eigenvalue weighted by Gasteiger charge is -2.44. The van der Waals surface area contributed by atoms with Crippen LogP contribution < -0.4 is 0 Å². The second-order valence-corrected chi connectivity index (χ2v) is 7.13. The van der Waals surface area contributed by atoms with E-state index in [9.17, 15) is 14.7 Å². The Morgan fingerprint density at radius 1 is 1.17 bits per heavy atom. The molecule has 136 valence electrons. The molecule has 1 amide bonds. The number of ether oxygens (including phenoxy) is 2. The van der Waals surface area contributed by atoms with Gasteiger partial charge in [-0.1, -0.05) is 19.3 Å². The minimum absolute atomic E-state index is 0.0268. The van der Waals surface area contributed by atoms with Crippen LogP contribution >= 0.6 is 0 Å². The van der Waals surface area contributed by atoms with Gasteiger partial charge in [-0.05, 0) is 44.4 Å². The highest BCUT2D eigenvalue weighted by Crippen LogP contribution is 2.44. The Morgan fingerprint density at radius 2 is 1.92 bits per heavy atom. The van der Waals surface area contributed by atoms with Gasteiger partial charge in [-0.15, -0.1) is 0 Å². The van der Waals surface area contributed by atoms with E-state index in [4.69, 9.17) is 10.8 Å². The van der Waals surface area contributed by atoms with Crippen LogP contribution in [0.4, 0.5) is 0 Å². The molecule has 2 saturated heterocycles. The Morgan fingerprint density at radius 3 is 2.58 bits per heavy atom. The summed E-state index contributed by atoms with van der Waals surface area (Å²) in [5.74, 6) is -0.918. The standard InChI is InChI=1S/C18H29NO5/c20-13-15(21)19-11-6-10-18(19,14-7-2-1-3-8-14)17(22)24-16-9-4-5-12-23-16/h14,16,20H,1-13H2/t16?,18-/m1/s1/i16D. The Kier molecular flexibility index (Phi) is 5.33. The molecule has 2 aliphatic heterocycles. The zero-order valence-electron chi connectivity index (χ0n) is 15.3. The number of aliphatic hydroxyl groups is 1. The van der Waals surface area contributed by atoms with Gasteiger partial charge in [0, 0.05) is 13.0 Å². The molecule has 0 spiro atoms. The molecule has 1 saturated carbocycles. The Bertz CT molecular complexity index is 502. The van der Waals surface area contributed by atoms with E-state index in [2.05, 4.69) is 0 Å². The van der Waals surface area contributed by atoms with Gasteiger partial charge in [0.1, 0.15) is 13.5 Å². The maximum absolute atomic E-state index is 13.3. The predicted molar refractivity (Wildman–Crippen MR) is 87.0 cm³/mol. The minimum atomic E-state index is -1.65. The first-order chi connectivity index (χ1) is 12.0. The zero-order chi connectivity index (χ0) is 17.9. The predicted octanol–water partition coefficient (Wildman–Crippen LogP) is 1.99. The van der Waals surface area contributed by atoms with Crippen molar-refractivity contribution in [2.75, 3.05) is 19.8 Å². The molecule has 0 aromatic heterocycles. The number of carbonyl (C=O) groups is 2. The molecule has 6 heteroatoms. The van der Waals surface area contributed by atoms with Gasteiger partial charge >= 0.3 is 5.97 Å². The third-order valence-electron chi connectivity index (χ3n) is 5.74. The van der Waals surface area contributed by atoms with Crippen LogP contribution in [0.15, 0.2) is 0 Å². The highest BCUT2D eigenvalue weighted by Gasteiger charge is 2.56. The molecule has 3 fully saturated rings. The fourth-order valence-corrected chi connectivity index (χ4v) is 4.56. The summed E-state index contributed by atoms with van der Waals surface area (Å²) in [6.45, 7) is 0.258. The second kappa shape index (κ2) is 7.83. The van der Waals surface area contributed by atoms with E-state index in [0.717, 1.165) is 44.9 Å². The van der Waals surface area contributed by atoms with Crippen LogP contribution in [-0.4, -0.2) is 53.4 Å². The van der Waals surface area contributed by atoms with Gasteiger partial charge in [-0.2, -0.15) is 0 Å². The fourth-order valence-electron chi connectivity index (χ4n) is 4.56. The zero-order valence-corrected chi connectivity index (χ0v) is 14.3. The van der Waals surface area contributed by atoms with Gasteiger partial charge in [-0.3, -0.25) is 4.79 Å². The van der Waals surface area contributed by atoms with Crippen molar-refractivity contribution in [2.45, 2.75) is 76.0 Å². The van der Waals surface area contributed by atoms with Crippen molar-refractivity contribution in [1.82, 2.24) is 4.90 Å². The SMILES string of the molecule is [2H]C1(OC(=O)[C@]2(C3CCCCC3)CCCN2C(=O)CO)CCCCO1. The number of aliphatic hydroxyl groups excluding tert-OH is 1. The van der Waals surface area contributed by atoms with E-state index < -0.39 is 30.3 Å². The average Bonchev–Trinajstić information content (AvgIpc) is 3.08. The van der Waals surface area contributed by atoms with Gasteiger partial charge in [0.15, 0.2) is 0 Å². The molecular weight excluding hydrogens is 310 g/mol. The quantitative estimate of drug-likeness (QED) is 0.792. The number of carbonyl (C=O) groups excluding carboxylic acids is 2. The van der Waals surface area contributed by atoms with Crippen molar-refractivity contribution in [2.24, 2.45) is 5.92 Å². The molecule has 0 aromatic rings. The van der Waals surface area contributed by atoms with E-state index >= 15 is 0 Å². The largest absolute Gasteiger partial charge is 0.434 e. The summed E-state index contributed by atoms with van der Waals surface area (Å²) in [6, 6.07) is 0. The van der Waals surface area contributed by atoms with Crippen molar-refractivity contribution < 1.29 is 25.5 Å². The fraction of sp³-hybridized carbons (Fsp3) is 0.889. The molecule has 1 unspecified atom stereocenters. The summed E-state index contributed by atoms with van der Waals surface area (Å²) >= 11 is 0. The summed E-state index contributed by atoms with van der Waals surface area (Å²) in [5.41, 5.74) is -1.05. The number of amides is 1. The van der Waals surface area contributed by atoms with Crippen molar-refractivity contribution in [3.05, 3.63) is 0 Å². The van der Waals surface area contributed by atoms with E-state index in [1.54, 1.807) is 0 Å². The van der Waals surface area contributed by atoms with E-state index in [-0.39, 0.29) is 5.92 Å². The summed E-state index contributed by atoms with van der Waals surface area (Å²) in [6.07, 6.45) is 6.55. The highest BCUT2D eigenvalue weighted by molar-refractivity contribution is 5.89. The van der Waals surface area contributed by atoms with Gasteiger partial charge in [0.05, 0.1) is 6.61 Å². The molecule has 3 aliphatic rings. The lowest BCUT2D eigenvalue weighted by molar-refractivity contribution is -0.202. The van der Waals surface area contributed by atoms with E-state index in [1.807, 2.05) is 0 Å². The maximum atomic E-state index is 13.3. The van der Waals surface area contributed by atoms with Gasteiger partial charge in [0.25, 0.3) is 0 Å². The Labute approximate surface area is 144 Å². The molecule has 0 bridgehead atoms. The van der Waals surface area contributed by atoms with Gasteiger partial charge in [-0.25, -0.2) is 4.79 Å². The summed E-state index contributed by atoms with van der Waals surface area (Å²) in [5, 5.41) is 9.37. The van der Waals surface area contributed by atoms with E-state index in [1.165, 1.54) is 4.90 Å². The van der Waals surface area contributed by atoms with Gasteiger partial charge < -0.3 is 19.5 Å². The first-order valence-corrected chi connectivity index (χ1v) is 9.30. The van der Waals surface area contributed by atoms with Crippen LogP contribution in [0, 0.1) is 5.92 Å². The minimum Gasteiger partial charge on any atom is -0.434 e. The van der Waals surface area contributed by atoms with Crippen LogP contribution in [0.1, 0.15) is 65.6 Å². The topological polar surface area (TPSA) is 76.1 Å². The Balaban J connectivity index is 1.87. The molecule has 3 rings (SSSR count). The van der Waals surface area contributed by atoms with Gasteiger partial charge in [0.2, 0.25) is 12.2 Å². The van der Waals surface area contributed by atoms with Crippen molar-refractivity contribution in [3.63, 3.8) is 0 Å². The maximum Gasteiger partial charge on any atom is 0.334 e. The number of esters is 1. The number of rotatable bonds is 4. The molecule has 2 atom stereocenters. The Hall–Kier alpha value is -1.14. The average molecular weight is 340 g/mol. The summed E-state index contributed by atoms with van der Waals surface area (Å²) in [4.78, 5) is 27.1. The lowest BCUT2D eigenvalue weighted by Crippen LogP contribution is -2.60. The molecule has 1 aliphatic carbocycles. The van der Waals surface area contributed by atoms with Crippen molar-refractivity contribution in [1.29, 1.82) is 0 Å². The van der Waals surface area contributed by atoms with Crippen molar-refractivity contribution >= 4 is 11.9 Å². The molecule has 1 N–H and O–H groups in total. The molecule has 0 radical (unpaired) electrons. The number of nitrogens with zero attached hydrogens (tertiary/aromatic N) is 1. The van der Waals surface area contributed by atoms with Crippen LogP contribution in [0.3, 0.4) is 0 Å². The summed E-state index contributed by atoms with van der Waals surface area (Å²) < 4.78 is 19.3. The second-order valence-electron chi connectivity index (χ2n) is 7.13. The number of likely N-dealkylation sites (tertiary alicyclic amines) is 1. The van der Waals surface area contributed by atoms with Crippen LogP contribution in [0.2, 0.25) is 0 Å². The molecule has 24 heavy (non-hydrogen) atoms. The molecule has 0 aromatic carbocycles. The summed E-state index contributed by atoms with van der Waals surface area (Å²) in [7, 11) is 0. The smallest absolute Gasteiger partial charge is 0.334 e. The lowest BCUT2D eigenvalue weighted by atomic mass is 9.73. The first-order valence-electron chi connectivity index (χ1n) is 9.80. The normalized spacial score (nSPS) is 35.5. The molecule has 6 nitrogen and oxygen atoms in total. The van der Waals surface area contributed by atoms with Crippen LogP contribution in [-0.2, 0) is 19.1 Å². The third kappa shape index (κ3) is 3.31. The highest BCUT2D eigenvalue weighted by atomic mass is 16.7. The van der Waals surface area contributed by atoms with E-state index in [0.29, 0.717) is 32.4 Å². The van der Waals surface area contributed by atoms with Crippen LogP contribution in [0.5, 0.6) is 0 Å². The van der Waals surface area contributed by atoms with Crippen molar-refractivity contribution in [3.8, 4) is 0 Å². The number of hydrogen-bond acceptors (Lipinski definition) is 5. The molecule has 2 heterocycles. The first kappa shape index (κ1) is 16.3. The monoisotopic (exact) mass is 340 g/mol. The number of hydrogen-bond donors (Lipinski definition) is 1. The molecular formula is C18H29NO5. The van der Waals surface area contributed by atoms with Crippen LogP contribution in [0.25, 0.3) is 0 Å². The third-order valence-corrected chi connectivity index (χ3v) is 5.74.